The molecule has 9 nitrogen and oxygen atoms in total. The van der Waals surface area contributed by atoms with E-state index in [1.807, 2.05) is 49.1 Å². The first kappa shape index (κ1) is 31.5. The molecule has 1 aliphatic heterocycles. The van der Waals surface area contributed by atoms with Gasteiger partial charge in [0.1, 0.15) is 6.10 Å². The van der Waals surface area contributed by atoms with Gasteiger partial charge in [-0.25, -0.2) is 0 Å². The Morgan fingerprint density at radius 1 is 1.00 bits per heavy atom. The molecule has 0 aliphatic carbocycles. The predicted octanol–water partition coefficient (Wildman–Crippen LogP) is 3.34. The van der Waals surface area contributed by atoms with Gasteiger partial charge in [-0.3, -0.25) is 9.59 Å². The molecule has 2 aromatic rings. The summed E-state index contributed by atoms with van der Waals surface area (Å²) in [6.07, 6.45) is 0.155. The van der Waals surface area contributed by atoms with E-state index in [2.05, 4.69) is 10.6 Å². The van der Waals surface area contributed by atoms with Crippen molar-refractivity contribution in [3.05, 3.63) is 59.7 Å². The Labute approximate surface area is 238 Å². The van der Waals surface area contributed by atoms with Crippen LogP contribution in [0.3, 0.4) is 0 Å². The van der Waals surface area contributed by atoms with Crippen LogP contribution < -0.4 is 20.1 Å². The Bertz CT molecular complexity index is 1060. The van der Waals surface area contributed by atoms with Crippen molar-refractivity contribution in [2.24, 2.45) is 11.8 Å². The molecular weight excluding hydrogens is 510 g/mol. The zero-order valence-corrected chi connectivity index (χ0v) is 24.5. The van der Waals surface area contributed by atoms with Crippen molar-refractivity contribution in [3.8, 4) is 11.5 Å². The molecule has 2 aromatic carbocycles. The number of carbonyl (C=O) groups excluding carboxylic acids is 2. The molecule has 0 aromatic heterocycles. The average molecular weight is 556 g/mol. The van der Waals surface area contributed by atoms with E-state index in [9.17, 15) is 9.59 Å². The largest absolute Gasteiger partial charge is 0.493 e. The highest BCUT2D eigenvalue weighted by Crippen LogP contribution is 2.29. The summed E-state index contributed by atoms with van der Waals surface area (Å²) in [6.45, 7) is 8.31. The molecule has 2 N–H and O–H groups in total. The number of benzene rings is 2. The maximum atomic E-state index is 13.7. The van der Waals surface area contributed by atoms with Gasteiger partial charge in [0.15, 0.2) is 17.3 Å². The number of carbonyl (C=O) groups is 2. The number of nitrogens with one attached hydrogen (secondary N) is 2. The van der Waals surface area contributed by atoms with Crippen LogP contribution in [-0.2, 0) is 14.3 Å². The summed E-state index contributed by atoms with van der Waals surface area (Å²) >= 11 is 0. The zero-order valence-electron chi connectivity index (χ0n) is 24.5. The topological polar surface area (TPSA) is 98.4 Å². The molecule has 1 aliphatic rings. The van der Waals surface area contributed by atoms with Gasteiger partial charge in [-0.1, -0.05) is 30.3 Å². The fourth-order valence-electron chi connectivity index (χ4n) is 5.05. The molecule has 220 valence electrons. The van der Waals surface area contributed by atoms with Crippen molar-refractivity contribution in [3.63, 3.8) is 0 Å². The van der Waals surface area contributed by atoms with Gasteiger partial charge in [0.05, 0.1) is 20.3 Å². The molecule has 0 radical (unpaired) electrons. The van der Waals surface area contributed by atoms with Crippen molar-refractivity contribution in [1.29, 1.82) is 0 Å². The fourth-order valence-corrected chi connectivity index (χ4v) is 5.05. The van der Waals surface area contributed by atoms with Crippen LogP contribution in [0.2, 0.25) is 0 Å². The predicted molar refractivity (Wildman–Crippen MR) is 155 cm³/mol. The highest BCUT2D eigenvalue weighted by molar-refractivity contribution is 5.95. The van der Waals surface area contributed by atoms with Crippen molar-refractivity contribution < 1.29 is 28.5 Å². The summed E-state index contributed by atoms with van der Waals surface area (Å²) in [7, 11) is 4.80. The number of hydrogen-bond donors (Lipinski definition) is 2. The molecule has 1 saturated heterocycles. The molecular formula is C31H45N3O6. The minimum absolute atomic E-state index is 0.00469. The van der Waals surface area contributed by atoms with Crippen molar-refractivity contribution >= 4 is 11.7 Å². The van der Waals surface area contributed by atoms with Crippen LogP contribution in [0, 0.1) is 11.8 Å². The highest BCUT2D eigenvalue weighted by atomic mass is 16.5. The van der Waals surface area contributed by atoms with Crippen LogP contribution in [0.4, 0.5) is 0 Å². The Hall–Kier alpha value is -2.98. The van der Waals surface area contributed by atoms with Crippen LogP contribution in [-0.4, -0.2) is 89.9 Å². The van der Waals surface area contributed by atoms with E-state index in [0.29, 0.717) is 43.4 Å². The lowest BCUT2D eigenvalue weighted by atomic mass is 9.94. The average Bonchev–Trinajstić information content (AvgIpc) is 3.41. The first-order valence-electron chi connectivity index (χ1n) is 14.0. The van der Waals surface area contributed by atoms with Gasteiger partial charge in [0.2, 0.25) is 0 Å². The maximum absolute atomic E-state index is 13.7. The number of amides is 1. The second kappa shape index (κ2) is 16.3. The van der Waals surface area contributed by atoms with Crippen LogP contribution in [0.5, 0.6) is 11.5 Å². The number of hydrogen-bond acceptors (Lipinski definition) is 8. The molecule has 1 heterocycles. The molecule has 0 unspecified atom stereocenters. The smallest absolute Gasteiger partial charge is 0.254 e. The van der Waals surface area contributed by atoms with E-state index in [1.54, 1.807) is 39.5 Å². The second-order valence-electron chi connectivity index (χ2n) is 10.4. The van der Waals surface area contributed by atoms with E-state index in [0.717, 1.165) is 25.1 Å². The molecule has 0 spiro atoms. The number of methoxy groups -OCH3 is 3. The lowest BCUT2D eigenvalue weighted by Crippen LogP contribution is -2.43. The Morgan fingerprint density at radius 3 is 2.42 bits per heavy atom. The molecule has 1 amide bonds. The monoisotopic (exact) mass is 555 g/mol. The van der Waals surface area contributed by atoms with Crippen LogP contribution >= 0.6 is 0 Å². The molecule has 0 bridgehead atoms. The third-order valence-corrected chi connectivity index (χ3v) is 7.29. The first-order valence-corrected chi connectivity index (χ1v) is 14.0. The normalized spacial score (nSPS) is 17.6. The zero-order chi connectivity index (χ0) is 28.9. The molecule has 9 heteroatoms. The number of nitrogens with zero attached hydrogens (tertiary/aromatic N) is 1. The molecule has 3 rings (SSSR count). The van der Waals surface area contributed by atoms with Crippen molar-refractivity contribution in [2.75, 3.05) is 67.3 Å². The minimum atomic E-state index is -0.585. The van der Waals surface area contributed by atoms with Crippen molar-refractivity contribution in [2.45, 2.75) is 32.4 Å². The van der Waals surface area contributed by atoms with Gasteiger partial charge >= 0.3 is 0 Å². The Kier molecular flexibility index (Phi) is 12.9. The van der Waals surface area contributed by atoms with Gasteiger partial charge in [-0.05, 0) is 62.5 Å². The van der Waals surface area contributed by atoms with Crippen LogP contribution in [0.15, 0.2) is 48.5 Å². The molecule has 40 heavy (non-hydrogen) atoms. The maximum Gasteiger partial charge on any atom is 0.254 e. The number of Topliss-reactive ketones (excluding diaryl/α,β-unsaturated/α-hetero) is 1. The Morgan fingerprint density at radius 2 is 1.75 bits per heavy atom. The van der Waals surface area contributed by atoms with Crippen LogP contribution in [0.1, 0.15) is 42.3 Å². The van der Waals surface area contributed by atoms with E-state index < -0.39 is 6.10 Å². The van der Waals surface area contributed by atoms with Gasteiger partial charge in [0, 0.05) is 51.9 Å². The second-order valence-corrected chi connectivity index (χ2v) is 10.4. The quantitative estimate of drug-likeness (QED) is 0.287. The standard InChI is InChI=1S/C31H45N3O6/c1-22(2)34(31(36)24-12-13-28(38-4)29(16-24)40-15-9-14-37-3)21-26-19-32-17-25(26)18-33-20-27(35)30(39-5)23-10-7-6-8-11-23/h6-8,10-13,16,22,25-26,30,32-33H,9,14-15,17-21H2,1-5H3/t25-,26-,30-/m0/s1. The fraction of sp³-hybridized carbons (Fsp3) is 0.548. The molecule has 0 saturated carbocycles. The lowest BCUT2D eigenvalue weighted by Gasteiger charge is -2.32. The van der Waals surface area contributed by atoms with Gasteiger partial charge in [-0.2, -0.15) is 0 Å². The third kappa shape index (κ3) is 8.76. The van der Waals surface area contributed by atoms with Gasteiger partial charge < -0.3 is 34.5 Å². The van der Waals surface area contributed by atoms with E-state index in [-0.39, 0.29) is 36.1 Å². The third-order valence-electron chi connectivity index (χ3n) is 7.29. The minimum Gasteiger partial charge on any atom is -0.493 e. The van der Waals surface area contributed by atoms with E-state index in [1.165, 1.54) is 0 Å². The molecule has 3 atom stereocenters. The summed E-state index contributed by atoms with van der Waals surface area (Å²) in [5, 5.41) is 6.81. The van der Waals surface area contributed by atoms with Crippen LogP contribution in [0.25, 0.3) is 0 Å². The summed E-state index contributed by atoms with van der Waals surface area (Å²) < 4.78 is 21.9. The summed E-state index contributed by atoms with van der Waals surface area (Å²) in [6, 6.07) is 14.9. The van der Waals surface area contributed by atoms with E-state index in [4.69, 9.17) is 18.9 Å². The Balaban J connectivity index is 1.60. The SMILES string of the molecule is COCCCOc1cc(C(=O)N(C[C@@H]2CNC[C@H]2CNCC(=O)[C@@H](OC)c2ccccc2)C(C)C)ccc1OC. The van der Waals surface area contributed by atoms with E-state index >= 15 is 0 Å². The number of ether oxygens (including phenoxy) is 4. The summed E-state index contributed by atoms with van der Waals surface area (Å²) in [4.78, 5) is 28.4. The molecule has 1 fully saturated rings. The number of rotatable bonds is 17. The van der Waals surface area contributed by atoms with Gasteiger partial charge in [0.25, 0.3) is 5.91 Å². The summed E-state index contributed by atoms with van der Waals surface area (Å²) in [5.74, 6) is 1.63. The summed E-state index contributed by atoms with van der Waals surface area (Å²) in [5.41, 5.74) is 1.42. The first-order chi connectivity index (χ1) is 19.4. The lowest BCUT2D eigenvalue weighted by molar-refractivity contribution is -0.128. The highest BCUT2D eigenvalue weighted by Gasteiger charge is 2.32. The van der Waals surface area contributed by atoms with Gasteiger partial charge in [-0.15, -0.1) is 0 Å². The van der Waals surface area contributed by atoms with Crippen molar-refractivity contribution in [1.82, 2.24) is 15.5 Å². The number of ketones is 1.